The molecule has 0 aliphatic carbocycles. The van der Waals surface area contributed by atoms with Crippen LogP contribution in [0.4, 0.5) is 0 Å². The van der Waals surface area contributed by atoms with E-state index < -0.39 is 6.10 Å². The topological polar surface area (TPSA) is 78.9 Å². The van der Waals surface area contributed by atoms with Gasteiger partial charge < -0.3 is 14.2 Å². The number of allylic oxidation sites excluding steroid dienone is 16. The zero-order chi connectivity index (χ0) is 59.2. The van der Waals surface area contributed by atoms with Crippen LogP contribution in [0.1, 0.15) is 348 Å². The molecule has 0 heterocycles. The third-order valence-corrected chi connectivity index (χ3v) is 15.3. The summed E-state index contributed by atoms with van der Waals surface area (Å²) in [6.07, 6.45) is 94.2. The van der Waals surface area contributed by atoms with E-state index in [0.717, 1.165) is 109 Å². The molecule has 0 aliphatic heterocycles. The van der Waals surface area contributed by atoms with Crippen LogP contribution in [0.15, 0.2) is 97.2 Å². The van der Waals surface area contributed by atoms with Crippen LogP contribution >= 0.6 is 0 Å². The van der Waals surface area contributed by atoms with Crippen molar-refractivity contribution in [1.82, 2.24) is 0 Å². The minimum atomic E-state index is -0.792. The molecule has 0 amide bonds. The Morgan fingerprint density at radius 2 is 0.439 bits per heavy atom. The predicted octanol–water partition coefficient (Wildman–Crippen LogP) is 24.4. The number of carbonyl (C=O) groups is 3. The van der Waals surface area contributed by atoms with Crippen molar-refractivity contribution in [3.05, 3.63) is 97.2 Å². The number of esters is 3. The molecule has 0 radical (unpaired) electrons. The van der Waals surface area contributed by atoms with Crippen LogP contribution in [0, 0.1) is 0 Å². The van der Waals surface area contributed by atoms with Crippen molar-refractivity contribution in [3.8, 4) is 0 Å². The Hall–Kier alpha value is -3.67. The Morgan fingerprint density at radius 3 is 0.720 bits per heavy atom. The normalized spacial score (nSPS) is 12.7. The predicted molar refractivity (Wildman–Crippen MR) is 357 cm³/mol. The lowest BCUT2D eigenvalue weighted by molar-refractivity contribution is -0.167. The average molecular weight is 1140 g/mol. The van der Waals surface area contributed by atoms with Crippen LogP contribution in [0.2, 0.25) is 0 Å². The molecule has 1 atom stereocenters. The molecule has 0 aliphatic rings. The monoisotopic (exact) mass is 1140 g/mol. The van der Waals surface area contributed by atoms with E-state index in [4.69, 9.17) is 14.2 Å². The standard InChI is InChI=1S/C76H132O6/c1-4-7-10-13-16-19-22-25-28-31-34-35-36-37-38-39-40-41-43-45-48-51-54-57-60-63-66-69-75(78)81-72-73(71-80-74(77)68-65-62-59-56-53-50-47-44-33-30-27-24-21-18-15-12-9-6-3)82-76(79)70-67-64-61-58-55-52-49-46-42-32-29-26-23-20-17-14-11-8-5-2/h17,20-22,24-26,29-31,33-34,36-37,42,46,73H,4-16,18-19,23,27-28,32,35,38-41,43-45,47-72H2,1-3H3/b20-17-,24-21-,25-22-,29-26-,33-30-,34-31-,37-36-,46-42-. The molecule has 0 spiro atoms. The number of rotatable bonds is 64. The summed E-state index contributed by atoms with van der Waals surface area (Å²) in [6, 6.07) is 0. The number of hydrogen-bond acceptors (Lipinski definition) is 6. The molecule has 0 fully saturated rings. The van der Waals surface area contributed by atoms with Gasteiger partial charge in [0.25, 0.3) is 0 Å². The van der Waals surface area contributed by atoms with Crippen LogP contribution in [0.5, 0.6) is 0 Å². The largest absolute Gasteiger partial charge is 0.462 e. The van der Waals surface area contributed by atoms with Gasteiger partial charge in [0.1, 0.15) is 13.2 Å². The molecule has 0 bridgehead atoms. The first kappa shape index (κ1) is 78.3. The minimum Gasteiger partial charge on any atom is -0.462 e. The lowest BCUT2D eigenvalue weighted by Crippen LogP contribution is -2.30. The molecule has 0 aromatic heterocycles. The molecule has 0 aromatic carbocycles. The van der Waals surface area contributed by atoms with Crippen LogP contribution < -0.4 is 0 Å². The summed E-state index contributed by atoms with van der Waals surface area (Å²) < 4.78 is 17.0. The highest BCUT2D eigenvalue weighted by molar-refractivity contribution is 5.71. The summed E-state index contributed by atoms with van der Waals surface area (Å²) in [6.45, 7) is 6.60. The fraction of sp³-hybridized carbons (Fsp3) is 0.750. The quantitative estimate of drug-likeness (QED) is 0.0261. The molecular weight excluding hydrogens is 1010 g/mol. The second kappa shape index (κ2) is 69.8. The molecule has 82 heavy (non-hydrogen) atoms. The molecule has 0 rings (SSSR count). The third-order valence-electron chi connectivity index (χ3n) is 15.3. The van der Waals surface area contributed by atoms with E-state index in [1.165, 1.54) is 199 Å². The van der Waals surface area contributed by atoms with Gasteiger partial charge in [0.05, 0.1) is 0 Å². The Labute approximate surface area is 508 Å². The number of unbranched alkanes of at least 4 members (excludes halogenated alkanes) is 37. The van der Waals surface area contributed by atoms with Crippen molar-refractivity contribution in [2.75, 3.05) is 13.2 Å². The van der Waals surface area contributed by atoms with E-state index in [-0.39, 0.29) is 31.1 Å². The van der Waals surface area contributed by atoms with E-state index in [1.807, 2.05) is 0 Å². The molecule has 6 heteroatoms. The molecular formula is C76H132O6. The zero-order valence-electron chi connectivity index (χ0n) is 54.2. The van der Waals surface area contributed by atoms with E-state index in [9.17, 15) is 14.4 Å². The van der Waals surface area contributed by atoms with Crippen molar-refractivity contribution in [3.63, 3.8) is 0 Å². The highest BCUT2D eigenvalue weighted by atomic mass is 16.6. The summed E-state index contributed by atoms with van der Waals surface area (Å²) in [7, 11) is 0. The first-order valence-electron chi connectivity index (χ1n) is 35.2. The maximum atomic E-state index is 13.0. The van der Waals surface area contributed by atoms with Gasteiger partial charge in [-0.1, -0.05) is 298 Å². The van der Waals surface area contributed by atoms with Gasteiger partial charge >= 0.3 is 17.9 Å². The fourth-order valence-electron chi connectivity index (χ4n) is 9.96. The smallest absolute Gasteiger partial charge is 0.306 e. The van der Waals surface area contributed by atoms with Gasteiger partial charge in [-0.05, 0) is 128 Å². The van der Waals surface area contributed by atoms with Crippen molar-refractivity contribution >= 4 is 17.9 Å². The van der Waals surface area contributed by atoms with Gasteiger partial charge in [-0.25, -0.2) is 0 Å². The van der Waals surface area contributed by atoms with E-state index >= 15 is 0 Å². The third kappa shape index (κ3) is 67.1. The zero-order valence-corrected chi connectivity index (χ0v) is 54.2. The number of ether oxygens (including phenoxy) is 3. The first-order chi connectivity index (χ1) is 40.5. The molecule has 0 aromatic rings. The van der Waals surface area contributed by atoms with Gasteiger partial charge in [0, 0.05) is 19.3 Å². The highest BCUT2D eigenvalue weighted by Gasteiger charge is 2.19. The van der Waals surface area contributed by atoms with Crippen LogP contribution in [0.3, 0.4) is 0 Å². The summed E-state index contributed by atoms with van der Waals surface area (Å²) >= 11 is 0. The van der Waals surface area contributed by atoms with Crippen molar-refractivity contribution in [1.29, 1.82) is 0 Å². The Balaban J connectivity index is 4.37. The number of hydrogen-bond donors (Lipinski definition) is 0. The molecule has 1 unspecified atom stereocenters. The van der Waals surface area contributed by atoms with E-state index in [2.05, 4.69) is 118 Å². The first-order valence-corrected chi connectivity index (χ1v) is 35.2. The Bertz CT molecular complexity index is 1590. The van der Waals surface area contributed by atoms with Gasteiger partial charge in [0.15, 0.2) is 6.10 Å². The van der Waals surface area contributed by atoms with E-state index in [0.29, 0.717) is 19.3 Å². The molecule has 0 saturated carbocycles. The summed E-state index contributed by atoms with van der Waals surface area (Å²) in [4.78, 5) is 38.5. The highest BCUT2D eigenvalue weighted by Crippen LogP contribution is 2.16. The van der Waals surface area contributed by atoms with E-state index in [1.54, 1.807) is 0 Å². The van der Waals surface area contributed by atoms with Gasteiger partial charge in [-0.2, -0.15) is 0 Å². The maximum Gasteiger partial charge on any atom is 0.306 e. The van der Waals surface area contributed by atoms with Crippen LogP contribution in [0.25, 0.3) is 0 Å². The Morgan fingerprint density at radius 1 is 0.244 bits per heavy atom. The van der Waals surface area contributed by atoms with Crippen LogP contribution in [-0.2, 0) is 28.6 Å². The summed E-state index contributed by atoms with van der Waals surface area (Å²) in [5.41, 5.74) is 0. The number of carbonyl (C=O) groups excluding carboxylic acids is 3. The lowest BCUT2D eigenvalue weighted by Gasteiger charge is -2.18. The fourth-order valence-corrected chi connectivity index (χ4v) is 9.96. The van der Waals surface area contributed by atoms with Gasteiger partial charge in [-0.3, -0.25) is 14.4 Å². The summed E-state index contributed by atoms with van der Waals surface area (Å²) in [5, 5.41) is 0. The second-order valence-electron chi connectivity index (χ2n) is 23.4. The SMILES string of the molecule is CCCCC/C=C\C/C=C\C/C=C\CCCCCCCCC(=O)OC(COC(=O)CCCCCCCCC/C=C\C/C=C\CCCCCC)COC(=O)CCCCCCCCCCCCCC/C=C\C/C=C\C/C=C\CCCCCCC. The lowest BCUT2D eigenvalue weighted by atomic mass is 10.0. The molecule has 0 N–H and O–H groups in total. The molecule has 0 saturated heterocycles. The Kier molecular flexibility index (Phi) is 66.7. The van der Waals surface area contributed by atoms with Gasteiger partial charge in [-0.15, -0.1) is 0 Å². The second-order valence-corrected chi connectivity index (χ2v) is 23.4. The average Bonchev–Trinajstić information content (AvgIpc) is 3.47. The maximum absolute atomic E-state index is 13.0. The van der Waals surface area contributed by atoms with Crippen molar-refractivity contribution in [2.45, 2.75) is 354 Å². The molecule has 472 valence electrons. The van der Waals surface area contributed by atoms with Crippen LogP contribution in [-0.4, -0.2) is 37.2 Å². The van der Waals surface area contributed by atoms with Crippen molar-refractivity contribution in [2.24, 2.45) is 0 Å². The minimum absolute atomic E-state index is 0.0855. The van der Waals surface area contributed by atoms with Gasteiger partial charge in [0.2, 0.25) is 0 Å². The molecule has 6 nitrogen and oxygen atoms in total. The summed E-state index contributed by atoms with van der Waals surface area (Å²) in [5.74, 6) is -0.893. The van der Waals surface area contributed by atoms with Crippen molar-refractivity contribution < 1.29 is 28.6 Å².